The molecule has 0 saturated carbocycles. The SMILES string of the molecule is CC.CC(C)OC(=O)N1CCC2(CCN(Cc3ccccc3)CC2)C1. The van der Waals surface area contributed by atoms with Crippen molar-refractivity contribution in [1.82, 2.24) is 9.80 Å². The van der Waals surface area contributed by atoms with Crippen LogP contribution < -0.4 is 0 Å². The van der Waals surface area contributed by atoms with Gasteiger partial charge in [0, 0.05) is 19.6 Å². The average molecular weight is 347 g/mol. The van der Waals surface area contributed by atoms with Crippen LogP contribution >= 0.6 is 0 Å². The van der Waals surface area contributed by atoms with Crippen molar-refractivity contribution >= 4 is 6.09 Å². The minimum absolute atomic E-state index is 0.0354. The maximum absolute atomic E-state index is 12.1. The Morgan fingerprint density at radius 2 is 1.68 bits per heavy atom. The number of carbonyl (C=O) groups excluding carboxylic acids is 1. The van der Waals surface area contributed by atoms with E-state index in [1.165, 1.54) is 18.4 Å². The molecule has 2 heterocycles. The van der Waals surface area contributed by atoms with Crippen molar-refractivity contribution in [2.24, 2.45) is 5.41 Å². The lowest BCUT2D eigenvalue weighted by Crippen LogP contribution is -2.42. The molecule has 2 saturated heterocycles. The Balaban J connectivity index is 0.00000109. The van der Waals surface area contributed by atoms with Crippen LogP contribution in [0.4, 0.5) is 4.79 Å². The van der Waals surface area contributed by atoms with Gasteiger partial charge in [-0.3, -0.25) is 4.90 Å². The minimum atomic E-state index is -0.136. The number of piperidine rings is 1. The number of likely N-dealkylation sites (tertiary alicyclic amines) is 2. The molecule has 1 aromatic rings. The van der Waals surface area contributed by atoms with Crippen molar-refractivity contribution < 1.29 is 9.53 Å². The first-order valence-electron chi connectivity index (χ1n) is 9.78. The van der Waals surface area contributed by atoms with Gasteiger partial charge in [-0.2, -0.15) is 0 Å². The van der Waals surface area contributed by atoms with Crippen molar-refractivity contribution in [2.75, 3.05) is 26.2 Å². The molecule has 0 N–H and O–H groups in total. The predicted octanol–water partition coefficient (Wildman–Crippen LogP) is 4.55. The van der Waals surface area contributed by atoms with E-state index in [2.05, 4.69) is 35.2 Å². The van der Waals surface area contributed by atoms with Crippen LogP contribution in [0.25, 0.3) is 0 Å². The first kappa shape index (κ1) is 19.8. The summed E-state index contributed by atoms with van der Waals surface area (Å²) in [4.78, 5) is 16.5. The van der Waals surface area contributed by atoms with Crippen molar-refractivity contribution in [3.8, 4) is 0 Å². The molecule has 0 radical (unpaired) electrons. The summed E-state index contributed by atoms with van der Waals surface area (Å²) < 4.78 is 5.34. The van der Waals surface area contributed by atoms with Crippen molar-refractivity contribution in [2.45, 2.75) is 59.6 Å². The second-order valence-electron chi connectivity index (χ2n) is 7.37. The zero-order valence-corrected chi connectivity index (χ0v) is 16.3. The van der Waals surface area contributed by atoms with Crippen molar-refractivity contribution in [3.63, 3.8) is 0 Å². The van der Waals surface area contributed by atoms with E-state index in [0.29, 0.717) is 5.41 Å². The maximum Gasteiger partial charge on any atom is 0.410 e. The second kappa shape index (κ2) is 9.23. The van der Waals surface area contributed by atoms with Gasteiger partial charge in [-0.15, -0.1) is 0 Å². The Kier molecular flexibility index (Phi) is 7.30. The van der Waals surface area contributed by atoms with Crippen LogP contribution in [0, 0.1) is 5.41 Å². The summed E-state index contributed by atoms with van der Waals surface area (Å²) in [6, 6.07) is 10.7. The smallest absolute Gasteiger partial charge is 0.410 e. The predicted molar refractivity (Wildman–Crippen MR) is 103 cm³/mol. The molecule has 140 valence electrons. The van der Waals surface area contributed by atoms with Crippen molar-refractivity contribution in [3.05, 3.63) is 35.9 Å². The summed E-state index contributed by atoms with van der Waals surface area (Å²) in [6.45, 7) is 12.8. The molecule has 4 nitrogen and oxygen atoms in total. The van der Waals surface area contributed by atoms with E-state index in [-0.39, 0.29) is 12.2 Å². The van der Waals surface area contributed by atoms with E-state index >= 15 is 0 Å². The lowest BCUT2D eigenvalue weighted by Gasteiger charge is -2.39. The number of rotatable bonds is 3. The topological polar surface area (TPSA) is 32.8 Å². The number of hydrogen-bond acceptors (Lipinski definition) is 3. The zero-order valence-electron chi connectivity index (χ0n) is 16.3. The van der Waals surface area contributed by atoms with E-state index in [4.69, 9.17) is 4.74 Å². The maximum atomic E-state index is 12.1. The summed E-state index contributed by atoms with van der Waals surface area (Å²) in [7, 11) is 0. The molecule has 2 aliphatic heterocycles. The van der Waals surface area contributed by atoms with Crippen LogP contribution in [0.2, 0.25) is 0 Å². The van der Waals surface area contributed by atoms with Gasteiger partial charge >= 0.3 is 6.09 Å². The Morgan fingerprint density at radius 1 is 1.08 bits per heavy atom. The molecular formula is C21H34N2O2. The van der Waals surface area contributed by atoms with E-state index in [9.17, 15) is 4.79 Å². The number of hydrogen-bond donors (Lipinski definition) is 0. The number of carbonyl (C=O) groups is 1. The Labute approximate surface area is 153 Å². The van der Waals surface area contributed by atoms with E-state index in [1.807, 2.05) is 32.6 Å². The molecule has 0 unspecified atom stereocenters. The van der Waals surface area contributed by atoms with Gasteiger partial charge in [-0.1, -0.05) is 44.2 Å². The highest BCUT2D eigenvalue weighted by Crippen LogP contribution is 2.40. The number of benzene rings is 1. The number of ether oxygens (including phenoxy) is 1. The van der Waals surface area contributed by atoms with Crippen LogP contribution in [0.15, 0.2) is 30.3 Å². The summed E-state index contributed by atoms with van der Waals surface area (Å²) in [5.41, 5.74) is 1.71. The fourth-order valence-electron chi connectivity index (χ4n) is 3.80. The van der Waals surface area contributed by atoms with Gasteiger partial charge < -0.3 is 9.64 Å². The van der Waals surface area contributed by atoms with Crippen molar-refractivity contribution in [1.29, 1.82) is 0 Å². The Bertz CT molecular complexity index is 522. The highest BCUT2D eigenvalue weighted by Gasteiger charge is 2.42. The molecule has 2 fully saturated rings. The lowest BCUT2D eigenvalue weighted by molar-refractivity contribution is 0.0698. The highest BCUT2D eigenvalue weighted by atomic mass is 16.6. The van der Waals surface area contributed by atoms with Crippen LogP contribution in [0.3, 0.4) is 0 Å². The van der Waals surface area contributed by atoms with Gasteiger partial charge in [0.2, 0.25) is 0 Å². The normalized spacial score (nSPS) is 19.6. The molecule has 1 spiro atoms. The van der Waals surface area contributed by atoms with E-state index < -0.39 is 0 Å². The molecule has 0 atom stereocenters. The molecule has 0 aliphatic carbocycles. The van der Waals surface area contributed by atoms with Gasteiger partial charge in [-0.25, -0.2) is 4.79 Å². The minimum Gasteiger partial charge on any atom is -0.447 e. The van der Waals surface area contributed by atoms with Gasteiger partial charge in [-0.05, 0) is 57.2 Å². The third kappa shape index (κ3) is 5.46. The molecule has 1 aromatic carbocycles. The van der Waals surface area contributed by atoms with Gasteiger partial charge in [0.1, 0.15) is 0 Å². The van der Waals surface area contributed by atoms with Crippen LogP contribution in [-0.4, -0.2) is 48.2 Å². The number of amides is 1. The number of nitrogens with zero attached hydrogens (tertiary/aromatic N) is 2. The van der Waals surface area contributed by atoms with Crippen LogP contribution in [-0.2, 0) is 11.3 Å². The van der Waals surface area contributed by atoms with Gasteiger partial charge in [0.05, 0.1) is 6.10 Å². The van der Waals surface area contributed by atoms with Gasteiger partial charge in [0.25, 0.3) is 0 Å². The Hall–Kier alpha value is -1.55. The molecule has 25 heavy (non-hydrogen) atoms. The second-order valence-corrected chi connectivity index (χ2v) is 7.37. The highest BCUT2D eigenvalue weighted by molar-refractivity contribution is 5.68. The molecule has 0 aromatic heterocycles. The standard InChI is InChI=1S/C19H28N2O2.C2H6/c1-16(2)23-18(22)21-13-10-19(15-21)8-11-20(12-9-19)14-17-6-4-3-5-7-17;1-2/h3-7,16H,8-15H2,1-2H3;1-2H3. The molecule has 0 bridgehead atoms. The summed E-state index contributed by atoms with van der Waals surface area (Å²) in [5.74, 6) is 0. The fourth-order valence-corrected chi connectivity index (χ4v) is 3.80. The van der Waals surface area contributed by atoms with Gasteiger partial charge in [0.15, 0.2) is 0 Å². The summed E-state index contributed by atoms with van der Waals surface area (Å²) in [5, 5.41) is 0. The monoisotopic (exact) mass is 346 g/mol. The molecule has 4 heteroatoms. The zero-order chi connectivity index (χ0) is 18.3. The van der Waals surface area contributed by atoms with Crippen LogP contribution in [0.5, 0.6) is 0 Å². The fraction of sp³-hybridized carbons (Fsp3) is 0.667. The third-order valence-electron chi connectivity index (χ3n) is 5.20. The molecule has 1 amide bonds. The molecule has 3 rings (SSSR count). The quantitative estimate of drug-likeness (QED) is 0.805. The van der Waals surface area contributed by atoms with E-state index in [0.717, 1.165) is 39.1 Å². The summed E-state index contributed by atoms with van der Waals surface area (Å²) in [6.07, 6.45) is 3.33. The van der Waals surface area contributed by atoms with E-state index in [1.54, 1.807) is 0 Å². The Morgan fingerprint density at radius 3 is 2.28 bits per heavy atom. The average Bonchev–Trinajstić information content (AvgIpc) is 3.03. The molecular weight excluding hydrogens is 312 g/mol. The lowest BCUT2D eigenvalue weighted by atomic mass is 9.77. The third-order valence-corrected chi connectivity index (χ3v) is 5.20. The first-order valence-corrected chi connectivity index (χ1v) is 9.78. The van der Waals surface area contributed by atoms with Crippen LogP contribution in [0.1, 0.15) is 52.5 Å². The first-order chi connectivity index (χ1) is 12.1. The molecule has 2 aliphatic rings. The summed E-state index contributed by atoms with van der Waals surface area (Å²) >= 11 is 0. The largest absolute Gasteiger partial charge is 0.447 e.